The number of nitrogens with zero attached hydrogens (tertiary/aromatic N) is 2. The van der Waals surface area contributed by atoms with Gasteiger partial charge in [-0.2, -0.15) is 5.10 Å². The molecule has 0 spiro atoms. The topological polar surface area (TPSA) is 59.0 Å². The molecule has 1 aliphatic rings. The zero-order chi connectivity index (χ0) is 15.5. The summed E-state index contributed by atoms with van der Waals surface area (Å²) >= 11 is 0. The van der Waals surface area contributed by atoms with Crippen molar-refractivity contribution in [3.63, 3.8) is 0 Å². The molecule has 0 aliphatic heterocycles. The van der Waals surface area contributed by atoms with Gasteiger partial charge in [0.05, 0.1) is 6.20 Å². The number of benzene rings is 1. The van der Waals surface area contributed by atoms with Gasteiger partial charge < -0.3 is 10.6 Å². The highest BCUT2D eigenvalue weighted by Crippen LogP contribution is 2.28. The molecule has 6 heteroatoms. The number of anilines is 1. The third-order valence-corrected chi connectivity index (χ3v) is 4.26. The van der Waals surface area contributed by atoms with Crippen LogP contribution in [0.25, 0.3) is 0 Å². The SMILES string of the molecule is CNC(C(=O)Nc1cccc2c1CCCC2)c1cnn(C)c1.Cl. The van der Waals surface area contributed by atoms with E-state index in [9.17, 15) is 4.79 Å². The molecule has 1 aromatic heterocycles. The summed E-state index contributed by atoms with van der Waals surface area (Å²) in [4.78, 5) is 12.6. The van der Waals surface area contributed by atoms with Crippen LogP contribution >= 0.6 is 12.4 Å². The fourth-order valence-electron chi connectivity index (χ4n) is 3.14. The second-order valence-corrected chi connectivity index (χ2v) is 5.81. The second-order valence-electron chi connectivity index (χ2n) is 5.81. The Hall–Kier alpha value is -1.85. The Morgan fingerprint density at radius 1 is 1.30 bits per heavy atom. The Labute approximate surface area is 142 Å². The van der Waals surface area contributed by atoms with Gasteiger partial charge in [-0.3, -0.25) is 9.48 Å². The molecule has 2 aromatic rings. The third-order valence-electron chi connectivity index (χ3n) is 4.26. The number of rotatable bonds is 4. The zero-order valence-electron chi connectivity index (χ0n) is 13.5. The van der Waals surface area contributed by atoms with E-state index in [1.54, 1.807) is 17.9 Å². The summed E-state index contributed by atoms with van der Waals surface area (Å²) in [6.45, 7) is 0. The number of carbonyl (C=O) groups is 1. The summed E-state index contributed by atoms with van der Waals surface area (Å²) in [5.74, 6) is -0.0468. The number of aryl methyl sites for hydroxylation is 2. The van der Waals surface area contributed by atoms with Crippen molar-refractivity contribution in [2.75, 3.05) is 12.4 Å². The molecule has 0 bridgehead atoms. The zero-order valence-corrected chi connectivity index (χ0v) is 14.3. The smallest absolute Gasteiger partial charge is 0.246 e. The molecular formula is C17H23ClN4O. The molecule has 124 valence electrons. The van der Waals surface area contributed by atoms with Crippen molar-refractivity contribution in [3.8, 4) is 0 Å². The molecule has 0 saturated carbocycles. The maximum absolute atomic E-state index is 12.6. The van der Waals surface area contributed by atoms with Crippen LogP contribution in [0.2, 0.25) is 0 Å². The van der Waals surface area contributed by atoms with Crippen molar-refractivity contribution in [3.05, 3.63) is 47.3 Å². The summed E-state index contributed by atoms with van der Waals surface area (Å²) in [7, 11) is 3.64. The Morgan fingerprint density at radius 2 is 2.09 bits per heavy atom. The van der Waals surface area contributed by atoms with Crippen LogP contribution in [0.5, 0.6) is 0 Å². The van der Waals surface area contributed by atoms with Crippen LogP contribution in [0.15, 0.2) is 30.6 Å². The molecule has 1 unspecified atom stereocenters. The lowest BCUT2D eigenvalue weighted by molar-refractivity contribution is -0.118. The number of fused-ring (bicyclic) bond motifs is 1. The molecule has 1 heterocycles. The first-order valence-electron chi connectivity index (χ1n) is 7.76. The Kier molecular flexibility index (Phi) is 5.80. The largest absolute Gasteiger partial charge is 0.324 e. The highest BCUT2D eigenvalue weighted by Gasteiger charge is 2.22. The van der Waals surface area contributed by atoms with Crippen LogP contribution in [-0.2, 0) is 24.7 Å². The van der Waals surface area contributed by atoms with Crippen LogP contribution in [-0.4, -0.2) is 22.7 Å². The van der Waals surface area contributed by atoms with Crippen molar-refractivity contribution in [2.24, 2.45) is 7.05 Å². The Bertz CT molecular complexity index is 683. The number of amides is 1. The number of nitrogens with one attached hydrogen (secondary N) is 2. The first-order chi connectivity index (χ1) is 10.7. The normalized spacial score (nSPS) is 14.5. The lowest BCUT2D eigenvalue weighted by atomic mass is 9.90. The van der Waals surface area contributed by atoms with Crippen LogP contribution in [0.3, 0.4) is 0 Å². The number of likely N-dealkylation sites (N-methyl/N-ethyl adjacent to an activating group) is 1. The molecule has 0 fully saturated rings. The maximum atomic E-state index is 12.6. The molecule has 1 aliphatic carbocycles. The van der Waals surface area contributed by atoms with Crippen molar-refractivity contribution in [1.82, 2.24) is 15.1 Å². The van der Waals surface area contributed by atoms with Gasteiger partial charge in [0.25, 0.3) is 0 Å². The standard InChI is InChI=1S/C17H22N4O.ClH/c1-18-16(13-10-19-21(2)11-13)17(22)20-15-9-5-7-12-6-3-4-8-14(12)15;/h5,7,9-11,16,18H,3-4,6,8H2,1-2H3,(H,20,22);1H. The van der Waals surface area contributed by atoms with Crippen molar-refractivity contribution in [1.29, 1.82) is 0 Å². The number of carbonyl (C=O) groups excluding carboxylic acids is 1. The quantitative estimate of drug-likeness (QED) is 0.903. The first-order valence-corrected chi connectivity index (χ1v) is 7.76. The summed E-state index contributed by atoms with van der Waals surface area (Å²) < 4.78 is 1.71. The number of hydrogen-bond acceptors (Lipinski definition) is 3. The molecule has 1 aromatic carbocycles. The van der Waals surface area contributed by atoms with Crippen molar-refractivity contribution >= 4 is 24.0 Å². The maximum Gasteiger partial charge on any atom is 0.246 e. The van der Waals surface area contributed by atoms with Crippen LogP contribution in [0.4, 0.5) is 5.69 Å². The molecule has 1 atom stereocenters. The number of aromatic nitrogens is 2. The fourth-order valence-corrected chi connectivity index (χ4v) is 3.14. The average molecular weight is 335 g/mol. The summed E-state index contributed by atoms with van der Waals surface area (Å²) in [5.41, 5.74) is 4.48. The summed E-state index contributed by atoms with van der Waals surface area (Å²) in [6.07, 6.45) is 8.17. The monoisotopic (exact) mass is 334 g/mol. The predicted molar refractivity (Wildman–Crippen MR) is 94.0 cm³/mol. The van der Waals surface area contributed by atoms with Gasteiger partial charge in [0, 0.05) is 24.5 Å². The van der Waals surface area contributed by atoms with Gasteiger partial charge in [-0.1, -0.05) is 12.1 Å². The van der Waals surface area contributed by atoms with Crippen LogP contribution in [0, 0.1) is 0 Å². The third kappa shape index (κ3) is 3.74. The van der Waals surface area contributed by atoms with Crippen LogP contribution in [0.1, 0.15) is 35.6 Å². The van der Waals surface area contributed by atoms with Crippen LogP contribution < -0.4 is 10.6 Å². The van der Waals surface area contributed by atoms with Gasteiger partial charge in [-0.15, -0.1) is 12.4 Å². The Balaban J connectivity index is 0.00000192. The van der Waals surface area contributed by atoms with E-state index in [1.807, 2.05) is 25.4 Å². The summed E-state index contributed by atoms with van der Waals surface area (Å²) in [6, 6.07) is 5.80. The minimum atomic E-state index is -0.395. The minimum absolute atomic E-state index is 0. The van der Waals surface area contributed by atoms with Crippen molar-refractivity contribution < 1.29 is 4.79 Å². The van der Waals surface area contributed by atoms with E-state index in [1.165, 1.54) is 24.0 Å². The van der Waals surface area contributed by atoms with E-state index in [0.29, 0.717) is 0 Å². The summed E-state index contributed by atoms with van der Waals surface area (Å²) in [5, 5.41) is 10.3. The van der Waals surface area contributed by atoms with E-state index in [0.717, 1.165) is 24.1 Å². The molecule has 2 N–H and O–H groups in total. The van der Waals surface area contributed by atoms with Gasteiger partial charge in [0.15, 0.2) is 0 Å². The van der Waals surface area contributed by atoms with E-state index in [4.69, 9.17) is 0 Å². The lowest BCUT2D eigenvalue weighted by Crippen LogP contribution is -2.31. The molecule has 5 nitrogen and oxygen atoms in total. The van der Waals surface area contributed by atoms with E-state index in [2.05, 4.69) is 21.8 Å². The second kappa shape index (κ2) is 7.62. The molecule has 23 heavy (non-hydrogen) atoms. The molecule has 1 amide bonds. The predicted octanol–water partition coefficient (Wildman–Crippen LogP) is 2.62. The van der Waals surface area contributed by atoms with Crippen molar-refractivity contribution in [2.45, 2.75) is 31.7 Å². The van der Waals surface area contributed by atoms with Gasteiger partial charge in [0.2, 0.25) is 5.91 Å². The molecule has 0 saturated heterocycles. The molecular weight excluding hydrogens is 312 g/mol. The number of hydrogen-bond donors (Lipinski definition) is 2. The van der Waals surface area contributed by atoms with E-state index < -0.39 is 6.04 Å². The van der Waals surface area contributed by atoms with Gasteiger partial charge in [-0.25, -0.2) is 0 Å². The molecule has 0 radical (unpaired) electrons. The van der Waals surface area contributed by atoms with Gasteiger partial charge in [-0.05, 0) is 49.9 Å². The van der Waals surface area contributed by atoms with E-state index in [-0.39, 0.29) is 18.3 Å². The highest BCUT2D eigenvalue weighted by molar-refractivity contribution is 5.96. The van der Waals surface area contributed by atoms with Gasteiger partial charge in [0.1, 0.15) is 6.04 Å². The lowest BCUT2D eigenvalue weighted by Gasteiger charge is -2.21. The highest BCUT2D eigenvalue weighted by atomic mass is 35.5. The molecule has 3 rings (SSSR count). The van der Waals surface area contributed by atoms with Gasteiger partial charge >= 0.3 is 0 Å². The fraction of sp³-hybridized carbons (Fsp3) is 0.412. The Morgan fingerprint density at radius 3 is 2.78 bits per heavy atom. The average Bonchev–Trinajstić information content (AvgIpc) is 2.94. The van der Waals surface area contributed by atoms with E-state index >= 15 is 0 Å². The number of halogens is 1. The first kappa shape index (κ1) is 17.5. The minimum Gasteiger partial charge on any atom is -0.324 e.